The van der Waals surface area contributed by atoms with Crippen molar-refractivity contribution in [2.75, 3.05) is 5.32 Å². The Hall–Kier alpha value is -4.82. The monoisotopic (exact) mass is 588 g/mol. The second kappa shape index (κ2) is 10.7. The number of nitrogens with two attached hydrogens (primary N) is 1. The van der Waals surface area contributed by atoms with E-state index in [0.29, 0.717) is 0 Å². The predicted octanol–water partition coefficient (Wildman–Crippen LogP) is 6.58. The number of nitrogens with one attached hydrogen (secondary N) is 1. The molecule has 0 radical (unpaired) electrons. The average Bonchev–Trinajstić information content (AvgIpc) is 3.68. The van der Waals surface area contributed by atoms with Gasteiger partial charge in [-0.3, -0.25) is 19.7 Å². The molecule has 0 atom stereocenters. The molecule has 0 saturated carbocycles. The number of hydrogen-bond donors (Lipinski definition) is 2. The number of carbonyl (C=O) groups is 2. The predicted molar refractivity (Wildman–Crippen MR) is 140 cm³/mol. The van der Waals surface area contributed by atoms with Crippen LogP contribution in [0, 0.1) is 10.1 Å². The molecule has 0 spiro atoms. The summed E-state index contributed by atoms with van der Waals surface area (Å²) in [5, 5.41) is 13.6. The Kier molecular flexibility index (Phi) is 7.19. The first-order valence-corrected chi connectivity index (χ1v) is 12.4. The third-order valence-corrected chi connectivity index (χ3v) is 6.93. The fourth-order valence-corrected chi connectivity index (χ4v) is 5.01. The number of anilines is 1. The number of hydrogen-bond acceptors (Lipinski definition) is 9. The minimum atomic E-state index is -2.90. The summed E-state index contributed by atoms with van der Waals surface area (Å²) in [6.07, 6.45) is -1.56. The molecule has 0 aliphatic rings. The Balaban J connectivity index is 1.43. The van der Waals surface area contributed by atoms with Crippen molar-refractivity contribution in [2.45, 2.75) is 13.0 Å². The molecule has 0 bridgehead atoms. The number of benzene rings is 1. The van der Waals surface area contributed by atoms with E-state index in [-0.39, 0.29) is 66.7 Å². The summed E-state index contributed by atoms with van der Waals surface area (Å²) in [6.45, 7) is -0.165. The molecule has 40 heavy (non-hydrogen) atoms. The Morgan fingerprint density at radius 2 is 2.02 bits per heavy atom. The van der Waals surface area contributed by atoms with Gasteiger partial charge in [-0.25, -0.2) is 13.8 Å². The standard InChI is InChI=1S/C25H15ClF2N4O7S/c26-14-8-11(32(35)36)3-5-17(14)38-10-12-4-6-18(39-12)24(34)31-20-19-13(16-2-1-7-37-16)9-15(22(27)28)30-25(19)40-21(20)23(29)33/h1-9,22H,10H2,(H2,29,33)(H,31,34). The number of furan rings is 2. The van der Waals surface area contributed by atoms with Gasteiger partial charge in [0.2, 0.25) is 0 Å². The van der Waals surface area contributed by atoms with E-state index in [4.69, 9.17) is 30.9 Å². The Morgan fingerprint density at radius 1 is 1.23 bits per heavy atom. The minimum Gasteiger partial charge on any atom is -0.484 e. The molecule has 2 amide bonds. The van der Waals surface area contributed by atoms with Gasteiger partial charge in [-0.15, -0.1) is 11.3 Å². The van der Waals surface area contributed by atoms with Crippen molar-refractivity contribution in [3.05, 3.63) is 92.0 Å². The number of fused-ring (bicyclic) bond motifs is 1. The molecule has 15 heteroatoms. The number of carbonyl (C=O) groups excluding carboxylic acids is 2. The zero-order valence-electron chi connectivity index (χ0n) is 19.9. The number of nitro benzene ring substituents is 1. The van der Waals surface area contributed by atoms with Gasteiger partial charge in [-0.05, 0) is 36.4 Å². The molecule has 4 heterocycles. The first-order chi connectivity index (χ1) is 19.1. The first kappa shape index (κ1) is 26.8. The van der Waals surface area contributed by atoms with Crippen LogP contribution in [0.5, 0.6) is 5.75 Å². The van der Waals surface area contributed by atoms with E-state index in [9.17, 15) is 28.5 Å². The lowest BCUT2D eigenvalue weighted by molar-refractivity contribution is -0.384. The zero-order valence-corrected chi connectivity index (χ0v) is 21.4. The molecule has 5 aromatic rings. The quantitative estimate of drug-likeness (QED) is 0.144. The zero-order chi connectivity index (χ0) is 28.6. The number of amides is 2. The number of non-ortho nitro benzene ring substituents is 1. The molecule has 0 aliphatic heterocycles. The molecule has 1 aromatic carbocycles. The van der Waals surface area contributed by atoms with Crippen LogP contribution >= 0.6 is 22.9 Å². The number of pyridine rings is 1. The summed E-state index contributed by atoms with van der Waals surface area (Å²) >= 11 is 6.77. The third kappa shape index (κ3) is 5.21. The van der Waals surface area contributed by atoms with E-state index >= 15 is 0 Å². The molecule has 0 saturated heterocycles. The van der Waals surface area contributed by atoms with Gasteiger partial charge < -0.3 is 24.6 Å². The van der Waals surface area contributed by atoms with Gasteiger partial charge in [0, 0.05) is 23.1 Å². The highest BCUT2D eigenvalue weighted by atomic mass is 35.5. The summed E-state index contributed by atoms with van der Waals surface area (Å²) in [4.78, 5) is 39.5. The van der Waals surface area contributed by atoms with Crippen LogP contribution < -0.4 is 15.8 Å². The Morgan fingerprint density at radius 3 is 2.67 bits per heavy atom. The topological polar surface area (TPSA) is 164 Å². The van der Waals surface area contributed by atoms with E-state index in [1.165, 1.54) is 36.6 Å². The summed E-state index contributed by atoms with van der Waals surface area (Å²) in [5.74, 6) is -1.27. The lowest BCUT2D eigenvalue weighted by atomic mass is 10.1. The smallest absolute Gasteiger partial charge is 0.291 e. The number of nitro groups is 1. The van der Waals surface area contributed by atoms with Crippen LogP contribution in [-0.4, -0.2) is 21.7 Å². The van der Waals surface area contributed by atoms with Gasteiger partial charge in [0.25, 0.3) is 23.9 Å². The van der Waals surface area contributed by atoms with Gasteiger partial charge in [0.05, 0.1) is 21.9 Å². The molecule has 4 aromatic heterocycles. The molecule has 0 unspecified atom stereocenters. The summed E-state index contributed by atoms with van der Waals surface area (Å²) in [5.41, 5.74) is 4.92. The maximum absolute atomic E-state index is 13.6. The van der Waals surface area contributed by atoms with Crippen LogP contribution in [0.15, 0.2) is 63.6 Å². The number of alkyl halides is 2. The third-order valence-electron chi connectivity index (χ3n) is 5.54. The van der Waals surface area contributed by atoms with Crippen molar-refractivity contribution in [1.82, 2.24) is 4.98 Å². The molecule has 0 fully saturated rings. The van der Waals surface area contributed by atoms with Crippen LogP contribution in [0.1, 0.15) is 38.1 Å². The number of halogens is 3. The molecule has 5 rings (SSSR count). The van der Waals surface area contributed by atoms with Crippen molar-refractivity contribution < 1.29 is 36.9 Å². The molecular formula is C25H15ClF2N4O7S. The number of rotatable bonds is 9. The Labute approximate surface area is 231 Å². The number of thiophene rings is 1. The van der Waals surface area contributed by atoms with E-state index < -0.39 is 28.9 Å². The van der Waals surface area contributed by atoms with Crippen molar-refractivity contribution in [3.63, 3.8) is 0 Å². The molecule has 3 N–H and O–H groups in total. The highest BCUT2D eigenvalue weighted by molar-refractivity contribution is 7.21. The fraction of sp³-hybridized carbons (Fsp3) is 0.0800. The largest absolute Gasteiger partial charge is 0.484 e. The fourth-order valence-electron chi connectivity index (χ4n) is 3.77. The summed E-state index contributed by atoms with van der Waals surface area (Å²) in [7, 11) is 0. The lowest BCUT2D eigenvalue weighted by Crippen LogP contribution is -2.16. The summed E-state index contributed by atoms with van der Waals surface area (Å²) in [6, 6.07) is 10.7. The van der Waals surface area contributed by atoms with Crippen LogP contribution in [-0.2, 0) is 6.61 Å². The molecular weight excluding hydrogens is 574 g/mol. The molecule has 204 valence electrons. The van der Waals surface area contributed by atoms with Crippen molar-refractivity contribution >= 4 is 56.3 Å². The molecule has 0 aliphatic carbocycles. The number of primary amides is 1. The van der Waals surface area contributed by atoms with E-state index in [0.717, 1.165) is 23.5 Å². The average molecular weight is 589 g/mol. The maximum Gasteiger partial charge on any atom is 0.291 e. The van der Waals surface area contributed by atoms with E-state index in [2.05, 4.69) is 10.3 Å². The second-order valence-electron chi connectivity index (χ2n) is 8.10. The number of ether oxygens (including phenoxy) is 1. The van der Waals surface area contributed by atoms with Gasteiger partial charge in [-0.1, -0.05) is 11.6 Å². The summed E-state index contributed by atoms with van der Waals surface area (Å²) < 4.78 is 43.6. The van der Waals surface area contributed by atoms with Crippen LogP contribution in [0.25, 0.3) is 21.5 Å². The highest BCUT2D eigenvalue weighted by Gasteiger charge is 2.26. The minimum absolute atomic E-state index is 0.0120. The van der Waals surface area contributed by atoms with Crippen LogP contribution in [0.2, 0.25) is 5.02 Å². The van der Waals surface area contributed by atoms with Gasteiger partial charge in [0.1, 0.15) is 39.3 Å². The van der Waals surface area contributed by atoms with E-state index in [1.54, 1.807) is 6.07 Å². The van der Waals surface area contributed by atoms with E-state index in [1.807, 2.05) is 0 Å². The van der Waals surface area contributed by atoms with Crippen molar-refractivity contribution in [1.29, 1.82) is 0 Å². The molecule has 11 nitrogen and oxygen atoms in total. The second-order valence-corrected chi connectivity index (χ2v) is 9.51. The number of nitrogens with zero attached hydrogens (tertiary/aromatic N) is 2. The highest BCUT2D eigenvalue weighted by Crippen LogP contribution is 2.42. The maximum atomic E-state index is 13.6. The normalized spacial score (nSPS) is 11.2. The first-order valence-electron chi connectivity index (χ1n) is 11.2. The van der Waals surface area contributed by atoms with Gasteiger partial charge >= 0.3 is 0 Å². The van der Waals surface area contributed by atoms with Crippen LogP contribution in [0.3, 0.4) is 0 Å². The van der Waals surface area contributed by atoms with Crippen molar-refractivity contribution in [2.24, 2.45) is 5.73 Å². The SMILES string of the molecule is NC(=O)c1sc2nc(C(F)F)cc(-c3ccco3)c2c1NC(=O)c1ccc(COc2ccc([N+](=O)[O-])cc2Cl)o1. The van der Waals surface area contributed by atoms with Gasteiger partial charge in [0.15, 0.2) is 5.76 Å². The van der Waals surface area contributed by atoms with Crippen LogP contribution in [0.4, 0.5) is 20.2 Å². The lowest BCUT2D eigenvalue weighted by Gasteiger charge is -2.09. The number of aromatic nitrogens is 1. The van der Waals surface area contributed by atoms with Crippen molar-refractivity contribution in [3.8, 4) is 17.1 Å². The van der Waals surface area contributed by atoms with Gasteiger partial charge in [-0.2, -0.15) is 0 Å². The Bertz CT molecular complexity index is 1770.